The number of hydrogen-bond donors (Lipinski definition) is 1. The van der Waals surface area contributed by atoms with Crippen molar-refractivity contribution in [2.75, 3.05) is 6.54 Å². The molecule has 1 saturated carbocycles. The van der Waals surface area contributed by atoms with Gasteiger partial charge < -0.3 is 5.32 Å². The number of aromatic nitrogens is 1. The van der Waals surface area contributed by atoms with Crippen LogP contribution in [0.25, 0.3) is 0 Å². The van der Waals surface area contributed by atoms with Crippen molar-refractivity contribution in [1.29, 1.82) is 0 Å². The van der Waals surface area contributed by atoms with Crippen molar-refractivity contribution in [1.82, 2.24) is 10.3 Å². The van der Waals surface area contributed by atoms with Crippen LogP contribution in [0.3, 0.4) is 0 Å². The van der Waals surface area contributed by atoms with Crippen LogP contribution in [0.4, 0.5) is 0 Å². The molecule has 1 fully saturated rings. The molecule has 1 aliphatic carbocycles. The fraction of sp³-hybridized carbons (Fsp3) is 0.722. The molecule has 1 aromatic rings. The molecule has 1 N–H and O–H groups in total. The largest absolute Gasteiger partial charge is 0.314 e. The second kappa shape index (κ2) is 7.21. The van der Waals surface area contributed by atoms with E-state index in [1.54, 1.807) is 0 Å². The lowest BCUT2D eigenvalue weighted by molar-refractivity contribution is 0.222. The molecule has 0 radical (unpaired) electrons. The first kappa shape index (κ1) is 15.5. The quantitative estimate of drug-likeness (QED) is 0.866. The second-order valence-corrected chi connectivity index (χ2v) is 6.75. The summed E-state index contributed by atoms with van der Waals surface area (Å²) in [7, 11) is 0. The van der Waals surface area contributed by atoms with Gasteiger partial charge in [-0.2, -0.15) is 0 Å². The molecule has 1 aromatic heterocycles. The first-order chi connectivity index (χ1) is 9.61. The van der Waals surface area contributed by atoms with Crippen LogP contribution in [-0.2, 0) is 0 Å². The summed E-state index contributed by atoms with van der Waals surface area (Å²) in [6.45, 7) is 10.2. The molecule has 20 heavy (non-hydrogen) atoms. The minimum Gasteiger partial charge on any atom is -0.314 e. The third-order valence-electron chi connectivity index (χ3n) is 4.95. The van der Waals surface area contributed by atoms with E-state index in [0.717, 1.165) is 18.4 Å². The Balaban J connectivity index is 2.15. The molecule has 1 aliphatic rings. The van der Waals surface area contributed by atoms with Crippen molar-refractivity contribution in [3.05, 3.63) is 29.6 Å². The summed E-state index contributed by atoms with van der Waals surface area (Å²) in [6, 6.07) is 2.74. The summed E-state index contributed by atoms with van der Waals surface area (Å²) in [5, 5.41) is 3.65. The smallest absolute Gasteiger partial charge is 0.0305 e. The average molecular weight is 274 g/mol. The Morgan fingerprint density at radius 1 is 1.35 bits per heavy atom. The van der Waals surface area contributed by atoms with Gasteiger partial charge in [-0.05, 0) is 61.3 Å². The van der Waals surface area contributed by atoms with Crippen LogP contribution < -0.4 is 5.32 Å². The SMILES string of the molecule is CCC1CCC(CNC(C)C)C(c2cnccc2C)C1. The van der Waals surface area contributed by atoms with Gasteiger partial charge in [-0.15, -0.1) is 0 Å². The van der Waals surface area contributed by atoms with Crippen LogP contribution in [-0.4, -0.2) is 17.6 Å². The summed E-state index contributed by atoms with van der Waals surface area (Å²) in [6.07, 6.45) is 9.45. The zero-order valence-corrected chi connectivity index (χ0v) is 13.5. The molecule has 0 aliphatic heterocycles. The van der Waals surface area contributed by atoms with Crippen LogP contribution in [0, 0.1) is 18.8 Å². The van der Waals surface area contributed by atoms with Crippen LogP contribution in [0.1, 0.15) is 63.5 Å². The van der Waals surface area contributed by atoms with E-state index in [1.807, 2.05) is 6.20 Å². The number of aryl methyl sites for hydroxylation is 1. The highest BCUT2D eigenvalue weighted by Crippen LogP contribution is 2.42. The summed E-state index contributed by atoms with van der Waals surface area (Å²) >= 11 is 0. The number of rotatable bonds is 5. The highest BCUT2D eigenvalue weighted by Gasteiger charge is 2.31. The molecule has 2 heteroatoms. The van der Waals surface area contributed by atoms with Crippen LogP contribution >= 0.6 is 0 Å². The van der Waals surface area contributed by atoms with Crippen molar-refractivity contribution in [3.63, 3.8) is 0 Å². The Labute approximate surface area is 124 Å². The minimum atomic E-state index is 0.578. The fourth-order valence-electron chi connectivity index (χ4n) is 3.57. The number of hydrogen-bond acceptors (Lipinski definition) is 2. The van der Waals surface area contributed by atoms with E-state index in [2.05, 4.69) is 50.3 Å². The highest BCUT2D eigenvalue weighted by molar-refractivity contribution is 5.27. The van der Waals surface area contributed by atoms with E-state index < -0.39 is 0 Å². The number of nitrogens with one attached hydrogen (secondary N) is 1. The van der Waals surface area contributed by atoms with Crippen molar-refractivity contribution >= 4 is 0 Å². The van der Waals surface area contributed by atoms with Gasteiger partial charge in [-0.1, -0.05) is 33.6 Å². The zero-order valence-electron chi connectivity index (χ0n) is 13.5. The Hall–Kier alpha value is -0.890. The second-order valence-electron chi connectivity index (χ2n) is 6.75. The van der Waals surface area contributed by atoms with E-state index >= 15 is 0 Å². The maximum Gasteiger partial charge on any atom is 0.0305 e. The molecule has 1 heterocycles. The zero-order chi connectivity index (χ0) is 14.5. The van der Waals surface area contributed by atoms with E-state index in [4.69, 9.17) is 0 Å². The standard InChI is InChI=1S/C18H30N2/c1-5-15-6-7-16(11-20-13(2)3)17(10-15)18-12-19-9-8-14(18)4/h8-9,12-13,15-17,20H,5-7,10-11H2,1-4H3. The Kier molecular flexibility index (Phi) is 5.59. The van der Waals surface area contributed by atoms with E-state index in [9.17, 15) is 0 Å². The summed E-state index contributed by atoms with van der Waals surface area (Å²) in [4.78, 5) is 4.38. The van der Waals surface area contributed by atoms with Crippen molar-refractivity contribution < 1.29 is 0 Å². The topological polar surface area (TPSA) is 24.9 Å². The maximum absolute atomic E-state index is 4.38. The lowest BCUT2D eigenvalue weighted by Gasteiger charge is -2.37. The van der Waals surface area contributed by atoms with Gasteiger partial charge in [0.2, 0.25) is 0 Å². The van der Waals surface area contributed by atoms with Gasteiger partial charge in [0.15, 0.2) is 0 Å². The Morgan fingerprint density at radius 3 is 2.80 bits per heavy atom. The van der Waals surface area contributed by atoms with Gasteiger partial charge in [0.05, 0.1) is 0 Å². The van der Waals surface area contributed by atoms with Gasteiger partial charge in [0.25, 0.3) is 0 Å². The van der Waals surface area contributed by atoms with Gasteiger partial charge >= 0.3 is 0 Å². The lowest BCUT2D eigenvalue weighted by atomic mass is 9.70. The van der Waals surface area contributed by atoms with Crippen LogP contribution in [0.5, 0.6) is 0 Å². The molecule has 3 atom stereocenters. The van der Waals surface area contributed by atoms with Gasteiger partial charge in [-0.3, -0.25) is 4.98 Å². The van der Waals surface area contributed by atoms with Crippen molar-refractivity contribution in [3.8, 4) is 0 Å². The summed E-state index contributed by atoms with van der Waals surface area (Å²) in [5.74, 6) is 2.35. The van der Waals surface area contributed by atoms with E-state index in [0.29, 0.717) is 12.0 Å². The summed E-state index contributed by atoms with van der Waals surface area (Å²) in [5.41, 5.74) is 2.90. The van der Waals surface area contributed by atoms with Crippen molar-refractivity contribution in [2.45, 2.75) is 65.3 Å². The minimum absolute atomic E-state index is 0.578. The molecule has 3 unspecified atom stereocenters. The third kappa shape index (κ3) is 3.82. The van der Waals surface area contributed by atoms with Crippen molar-refractivity contribution in [2.24, 2.45) is 11.8 Å². The normalized spacial score (nSPS) is 26.9. The summed E-state index contributed by atoms with van der Waals surface area (Å²) < 4.78 is 0. The molecule has 0 saturated heterocycles. The first-order valence-corrected chi connectivity index (χ1v) is 8.25. The third-order valence-corrected chi connectivity index (χ3v) is 4.95. The van der Waals surface area contributed by atoms with Crippen LogP contribution in [0.15, 0.2) is 18.5 Å². The molecule has 2 nitrogen and oxygen atoms in total. The van der Waals surface area contributed by atoms with Crippen LogP contribution in [0.2, 0.25) is 0 Å². The molecular weight excluding hydrogens is 244 g/mol. The molecule has 0 aromatic carbocycles. The monoisotopic (exact) mass is 274 g/mol. The molecule has 0 spiro atoms. The number of pyridine rings is 1. The Morgan fingerprint density at radius 2 is 2.15 bits per heavy atom. The van der Waals surface area contributed by atoms with E-state index in [-0.39, 0.29) is 0 Å². The predicted molar refractivity (Wildman–Crippen MR) is 86.0 cm³/mol. The highest BCUT2D eigenvalue weighted by atomic mass is 14.9. The maximum atomic E-state index is 4.38. The van der Waals surface area contributed by atoms with E-state index in [1.165, 1.54) is 36.8 Å². The predicted octanol–water partition coefficient (Wildman–Crippen LogP) is 4.30. The molecule has 2 rings (SSSR count). The van der Waals surface area contributed by atoms with Gasteiger partial charge in [0.1, 0.15) is 0 Å². The number of nitrogens with zero attached hydrogens (tertiary/aromatic N) is 1. The fourth-order valence-corrected chi connectivity index (χ4v) is 3.57. The molecule has 112 valence electrons. The first-order valence-electron chi connectivity index (χ1n) is 8.25. The van der Waals surface area contributed by atoms with Gasteiger partial charge in [-0.25, -0.2) is 0 Å². The Bertz CT molecular complexity index is 414. The average Bonchev–Trinajstić information content (AvgIpc) is 2.45. The molecule has 0 amide bonds. The van der Waals surface area contributed by atoms with Gasteiger partial charge in [0, 0.05) is 18.4 Å². The molecular formula is C18H30N2. The lowest BCUT2D eigenvalue weighted by Crippen LogP contribution is -2.35. The molecule has 0 bridgehead atoms.